The van der Waals surface area contributed by atoms with E-state index in [4.69, 9.17) is 9.47 Å². The Balaban J connectivity index is 0.00000147. The van der Waals surface area contributed by atoms with Crippen molar-refractivity contribution in [1.29, 1.82) is 0 Å². The van der Waals surface area contributed by atoms with E-state index in [1.54, 1.807) is 0 Å². The highest BCUT2D eigenvalue weighted by atomic mass is 35.5. The van der Waals surface area contributed by atoms with Crippen molar-refractivity contribution >= 4 is 12.4 Å². The highest BCUT2D eigenvalue weighted by Crippen LogP contribution is 2.35. The molecule has 3 fully saturated rings. The molecular weight excluding hydrogens is 276 g/mol. The molecular formula is C15H29ClN2O2. The van der Waals surface area contributed by atoms with E-state index < -0.39 is 0 Å². The van der Waals surface area contributed by atoms with E-state index in [9.17, 15) is 0 Å². The van der Waals surface area contributed by atoms with Crippen LogP contribution in [0.25, 0.3) is 0 Å². The molecule has 3 aliphatic rings. The van der Waals surface area contributed by atoms with Crippen LogP contribution < -0.4 is 5.32 Å². The molecule has 0 aliphatic carbocycles. The Morgan fingerprint density at radius 2 is 2.00 bits per heavy atom. The van der Waals surface area contributed by atoms with Crippen LogP contribution in [0.2, 0.25) is 0 Å². The molecule has 0 spiro atoms. The zero-order valence-corrected chi connectivity index (χ0v) is 13.6. The summed E-state index contributed by atoms with van der Waals surface area (Å²) >= 11 is 0. The lowest BCUT2D eigenvalue weighted by molar-refractivity contribution is -0.192. The van der Waals surface area contributed by atoms with Crippen molar-refractivity contribution in [3.8, 4) is 0 Å². The van der Waals surface area contributed by atoms with Crippen molar-refractivity contribution in [2.24, 2.45) is 11.3 Å². The first-order chi connectivity index (χ1) is 9.10. The van der Waals surface area contributed by atoms with Crippen molar-refractivity contribution < 1.29 is 9.47 Å². The van der Waals surface area contributed by atoms with Crippen LogP contribution in [0.15, 0.2) is 0 Å². The minimum absolute atomic E-state index is 0. The third-order valence-corrected chi connectivity index (χ3v) is 5.17. The van der Waals surface area contributed by atoms with Crippen LogP contribution in [0, 0.1) is 11.3 Å². The van der Waals surface area contributed by atoms with E-state index in [0.29, 0.717) is 11.3 Å². The van der Waals surface area contributed by atoms with Gasteiger partial charge < -0.3 is 19.7 Å². The van der Waals surface area contributed by atoms with Crippen molar-refractivity contribution in [2.45, 2.75) is 38.9 Å². The lowest BCUT2D eigenvalue weighted by Gasteiger charge is -2.42. The molecule has 3 rings (SSSR count). The van der Waals surface area contributed by atoms with Crippen LogP contribution in [0.1, 0.15) is 33.1 Å². The first-order valence-electron chi connectivity index (χ1n) is 7.81. The smallest absolute Gasteiger partial charge is 0.169 e. The monoisotopic (exact) mass is 304 g/mol. The van der Waals surface area contributed by atoms with Crippen molar-refractivity contribution in [2.75, 3.05) is 45.9 Å². The first kappa shape index (κ1) is 16.5. The lowest BCUT2D eigenvalue weighted by atomic mass is 9.85. The second-order valence-corrected chi connectivity index (χ2v) is 7.02. The fourth-order valence-corrected chi connectivity index (χ4v) is 3.94. The molecule has 20 heavy (non-hydrogen) atoms. The quantitative estimate of drug-likeness (QED) is 0.863. The summed E-state index contributed by atoms with van der Waals surface area (Å²) in [5, 5.41) is 3.50. The molecule has 3 heterocycles. The maximum atomic E-state index is 5.86. The third kappa shape index (κ3) is 3.47. The standard InChI is InChI=1S/C15H28N2O2.ClH/c1-14(5-6-16-11-14)12-17-7-3-4-13(10-17)15(2)18-8-9-19-15;/h13,16H,3-12H2,1-2H3;1H. The summed E-state index contributed by atoms with van der Waals surface area (Å²) in [5.41, 5.74) is 0.459. The molecule has 0 radical (unpaired) electrons. The van der Waals surface area contributed by atoms with Gasteiger partial charge in [0.2, 0.25) is 0 Å². The van der Waals surface area contributed by atoms with Gasteiger partial charge >= 0.3 is 0 Å². The van der Waals surface area contributed by atoms with Gasteiger partial charge in [0.05, 0.1) is 13.2 Å². The summed E-state index contributed by atoms with van der Waals surface area (Å²) in [5.74, 6) is 0.203. The SMILES string of the molecule is CC1(CN2CCCC(C3(C)OCCO3)C2)CCNC1.Cl. The molecule has 4 nitrogen and oxygen atoms in total. The van der Waals surface area contributed by atoms with Crippen LogP contribution in [0.3, 0.4) is 0 Å². The maximum absolute atomic E-state index is 5.86. The highest BCUT2D eigenvalue weighted by molar-refractivity contribution is 5.85. The van der Waals surface area contributed by atoms with Crippen molar-refractivity contribution in [1.82, 2.24) is 10.2 Å². The number of nitrogens with zero attached hydrogens (tertiary/aromatic N) is 1. The topological polar surface area (TPSA) is 33.7 Å². The number of hydrogen-bond acceptors (Lipinski definition) is 4. The maximum Gasteiger partial charge on any atom is 0.169 e. The molecule has 1 N–H and O–H groups in total. The van der Waals surface area contributed by atoms with E-state index in [0.717, 1.165) is 19.8 Å². The zero-order valence-electron chi connectivity index (χ0n) is 12.8. The minimum atomic E-state index is -0.326. The fraction of sp³-hybridized carbons (Fsp3) is 1.00. The molecule has 3 saturated heterocycles. The van der Waals surface area contributed by atoms with Gasteiger partial charge in [-0.15, -0.1) is 12.4 Å². The summed E-state index contributed by atoms with van der Waals surface area (Å²) in [7, 11) is 0. The van der Waals surface area contributed by atoms with Gasteiger partial charge in [0.1, 0.15) is 0 Å². The molecule has 0 aromatic rings. The van der Waals surface area contributed by atoms with E-state index in [1.165, 1.54) is 45.4 Å². The second kappa shape index (κ2) is 6.49. The van der Waals surface area contributed by atoms with Crippen LogP contribution in [0.4, 0.5) is 0 Å². The Morgan fingerprint density at radius 3 is 2.65 bits per heavy atom. The van der Waals surface area contributed by atoms with E-state index in [-0.39, 0.29) is 18.2 Å². The van der Waals surface area contributed by atoms with Gasteiger partial charge in [-0.25, -0.2) is 0 Å². The Morgan fingerprint density at radius 1 is 1.25 bits per heavy atom. The van der Waals surface area contributed by atoms with Crippen LogP contribution >= 0.6 is 12.4 Å². The van der Waals surface area contributed by atoms with E-state index in [2.05, 4.69) is 24.1 Å². The summed E-state index contributed by atoms with van der Waals surface area (Å²) in [4.78, 5) is 2.64. The molecule has 118 valence electrons. The number of hydrogen-bond donors (Lipinski definition) is 1. The molecule has 2 atom stereocenters. The predicted octanol–water partition coefficient (Wildman–Crippen LogP) is 1.88. The molecule has 2 unspecified atom stereocenters. The molecule has 0 amide bonds. The van der Waals surface area contributed by atoms with Crippen LogP contribution in [-0.2, 0) is 9.47 Å². The molecule has 5 heteroatoms. The van der Waals surface area contributed by atoms with Crippen LogP contribution in [0.5, 0.6) is 0 Å². The minimum Gasteiger partial charge on any atom is -0.347 e. The van der Waals surface area contributed by atoms with Gasteiger partial charge in [0.15, 0.2) is 5.79 Å². The number of nitrogens with one attached hydrogen (secondary N) is 1. The summed E-state index contributed by atoms with van der Waals surface area (Å²) in [6.07, 6.45) is 3.82. The number of ether oxygens (including phenoxy) is 2. The Labute approximate surface area is 129 Å². The van der Waals surface area contributed by atoms with Gasteiger partial charge in [-0.05, 0) is 44.7 Å². The Hall–Kier alpha value is 0.130. The average Bonchev–Trinajstić information content (AvgIpc) is 3.00. The zero-order chi connectivity index (χ0) is 13.3. The van der Waals surface area contributed by atoms with E-state index >= 15 is 0 Å². The van der Waals surface area contributed by atoms with Gasteiger partial charge in [0, 0.05) is 25.6 Å². The summed E-state index contributed by atoms with van der Waals surface area (Å²) in [6, 6.07) is 0. The largest absolute Gasteiger partial charge is 0.347 e. The Bertz CT molecular complexity index is 315. The van der Waals surface area contributed by atoms with Gasteiger partial charge in [-0.3, -0.25) is 0 Å². The van der Waals surface area contributed by atoms with Gasteiger partial charge in [0.25, 0.3) is 0 Å². The molecule has 0 aromatic carbocycles. The third-order valence-electron chi connectivity index (χ3n) is 5.17. The van der Waals surface area contributed by atoms with Crippen molar-refractivity contribution in [3.05, 3.63) is 0 Å². The normalized spacial score (nSPS) is 37.8. The summed E-state index contributed by atoms with van der Waals surface area (Å²) < 4.78 is 11.7. The molecule has 3 aliphatic heterocycles. The Kier molecular flexibility index (Phi) is 5.35. The lowest BCUT2D eigenvalue weighted by Crippen LogP contribution is -2.49. The average molecular weight is 305 g/mol. The predicted molar refractivity (Wildman–Crippen MR) is 82.3 cm³/mol. The molecule has 0 saturated carbocycles. The highest BCUT2D eigenvalue weighted by Gasteiger charge is 2.42. The number of rotatable bonds is 3. The number of piperidine rings is 1. The molecule has 0 bridgehead atoms. The molecule has 0 aromatic heterocycles. The van der Waals surface area contributed by atoms with Gasteiger partial charge in [-0.1, -0.05) is 6.92 Å². The second-order valence-electron chi connectivity index (χ2n) is 7.02. The number of likely N-dealkylation sites (tertiary alicyclic amines) is 1. The number of halogens is 1. The first-order valence-corrected chi connectivity index (χ1v) is 7.81. The van der Waals surface area contributed by atoms with Crippen LogP contribution in [-0.4, -0.2) is 56.6 Å². The van der Waals surface area contributed by atoms with Crippen molar-refractivity contribution in [3.63, 3.8) is 0 Å². The van der Waals surface area contributed by atoms with Gasteiger partial charge in [-0.2, -0.15) is 0 Å². The van der Waals surface area contributed by atoms with E-state index in [1.807, 2.05) is 0 Å². The fourth-order valence-electron chi connectivity index (χ4n) is 3.94. The summed E-state index contributed by atoms with van der Waals surface area (Å²) in [6.45, 7) is 12.0.